The van der Waals surface area contributed by atoms with Gasteiger partial charge in [-0.2, -0.15) is 5.10 Å². The van der Waals surface area contributed by atoms with Crippen molar-refractivity contribution >= 4 is 28.3 Å². The number of rotatable bonds is 3. The van der Waals surface area contributed by atoms with Crippen molar-refractivity contribution in [3.8, 4) is 0 Å². The Labute approximate surface area is 196 Å². The summed E-state index contributed by atoms with van der Waals surface area (Å²) in [5.41, 5.74) is 5.60. The Kier molecular flexibility index (Phi) is 4.70. The van der Waals surface area contributed by atoms with Crippen LogP contribution in [0.3, 0.4) is 0 Å². The highest BCUT2D eigenvalue weighted by atomic mass is 19.1. The summed E-state index contributed by atoms with van der Waals surface area (Å²) in [6.07, 6.45) is 1.62. The quantitative estimate of drug-likeness (QED) is 0.509. The molecule has 174 valence electrons. The number of benzene rings is 2. The first-order chi connectivity index (χ1) is 16.4. The lowest BCUT2D eigenvalue weighted by atomic mass is 9.97. The molecule has 4 heterocycles. The van der Waals surface area contributed by atoms with Crippen LogP contribution in [0.15, 0.2) is 42.7 Å². The first kappa shape index (κ1) is 20.9. The predicted octanol–water partition coefficient (Wildman–Crippen LogP) is 3.25. The second-order valence-corrected chi connectivity index (χ2v) is 9.15. The number of hydrogen-bond acceptors (Lipinski definition) is 5. The summed E-state index contributed by atoms with van der Waals surface area (Å²) < 4.78 is 17.5. The van der Waals surface area contributed by atoms with Crippen LogP contribution in [0.4, 0.5) is 15.8 Å². The van der Waals surface area contributed by atoms with Gasteiger partial charge in [-0.25, -0.2) is 9.37 Å². The van der Waals surface area contributed by atoms with Crippen LogP contribution < -0.4 is 9.80 Å². The van der Waals surface area contributed by atoms with Gasteiger partial charge in [-0.05, 0) is 44.3 Å². The van der Waals surface area contributed by atoms with Crippen LogP contribution in [0.1, 0.15) is 33.4 Å². The van der Waals surface area contributed by atoms with Gasteiger partial charge >= 0.3 is 0 Å². The Hall–Kier alpha value is -3.72. The molecule has 9 heteroatoms. The number of likely N-dealkylation sites (N-methyl/N-ethyl adjacent to an activating group) is 1. The highest BCUT2D eigenvalue weighted by molar-refractivity contribution is 6.11. The fraction of sp³-hybridized carbons (Fsp3) is 0.320. The van der Waals surface area contributed by atoms with E-state index in [0.717, 1.165) is 54.2 Å². The van der Waals surface area contributed by atoms with Gasteiger partial charge < -0.3 is 14.8 Å². The molecule has 2 aliphatic rings. The van der Waals surface area contributed by atoms with Crippen molar-refractivity contribution in [2.45, 2.75) is 13.0 Å². The molecule has 1 atom stereocenters. The number of piperazine rings is 1. The van der Waals surface area contributed by atoms with Crippen LogP contribution in [0.25, 0.3) is 11.0 Å². The van der Waals surface area contributed by atoms with E-state index in [1.807, 2.05) is 44.3 Å². The molecule has 0 bridgehead atoms. The Bertz CT molecular complexity index is 1420. The molecule has 6 rings (SSSR count). The number of H-pyrrole nitrogens is 1. The zero-order valence-corrected chi connectivity index (χ0v) is 19.4. The minimum atomic E-state index is -0.599. The molecule has 4 aromatic rings. The lowest BCUT2D eigenvalue weighted by Crippen LogP contribution is -2.44. The number of carbonyl (C=O) groups excluding carboxylic acids is 1. The van der Waals surface area contributed by atoms with Gasteiger partial charge in [0.05, 0.1) is 23.4 Å². The van der Waals surface area contributed by atoms with Crippen LogP contribution in [-0.2, 0) is 7.05 Å². The fourth-order valence-electron chi connectivity index (χ4n) is 5.10. The van der Waals surface area contributed by atoms with Crippen LogP contribution in [0.5, 0.6) is 0 Å². The molecule has 0 spiro atoms. The molecular formula is C25H26FN7O. The molecule has 1 amide bonds. The monoisotopic (exact) mass is 459 g/mol. The third kappa shape index (κ3) is 3.11. The number of carbonyl (C=O) groups is 1. The number of fused-ring (bicyclic) bond motifs is 2. The van der Waals surface area contributed by atoms with Gasteiger partial charge in [0.25, 0.3) is 5.91 Å². The first-order valence-electron chi connectivity index (χ1n) is 11.5. The largest absolute Gasteiger partial charge is 0.369 e. The highest BCUT2D eigenvalue weighted by Gasteiger charge is 2.44. The SMILES string of the molecule is Cc1c2c(nn1C)C(=O)N(c1ccc3nc[nH]c3c1)C2c1ccc(N2CCN(C)CC2)cc1F. The van der Waals surface area contributed by atoms with E-state index in [9.17, 15) is 4.79 Å². The first-order valence-corrected chi connectivity index (χ1v) is 11.5. The molecule has 2 aliphatic heterocycles. The summed E-state index contributed by atoms with van der Waals surface area (Å²) in [6, 6.07) is 10.4. The van der Waals surface area contributed by atoms with Crippen molar-refractivity contribution in [2.75, 3.05) is 43.0 Å². The number of aromatic amines is 1. The van der Waals surface area contributed by atoms with E-state index < -0.39 is 6.04 Å². The van der Waals surface area contributed by atoms with Gasteiger partial charge in [0.15, 0.2) is 5.69 Å². The molecule has 2 aromatic carbocycles. The average molecular weight is 460 g/mol. The number of imidazole rings is 1. The van der Waals surface area contributed by atoms with E-state index in [0.29, 0.717) is 16.9 Å². The summed E-state index contributed by atoms with van der Waals surface area (Å²) >= 11 is 0. The molecule has 8 nitrogen and oxygen atoms in total. The number of amides is 1. The van der Waals surface area contributed by atoms with E-state index in [-0.39, 0.29) is 11.7 Å². The van der Waals surface area contributed by atoms with Gasteiger partial charge in [0.2, 0.25) is 0 Å². The van der Waals surface area contributed by atoms with Crippen LogP contribution >= 0.6 is 0 Å². The topological polar surface area (TPSA) is 73.3 Å². The maximum atomic E-state index is 15.8. The molecule has 1 fully saturated rings. The Morgan fingerprint density at radius 1 is 1.03 bits per heavy atom. The molecule has 0 saturated carbocycles. The maximum absolute atomic E-state index is 15.8. The normalized spacial score (nSPS) is 18.8. The summed E-state index contributed by atoms with van der Waals surface area (Å²) in [5, 5.41) is 4.47. The molecule has 0 radical (unpaired) electrons. The average Bonchev–Trinajstić information content (AvgIpc) is 3.49. The minimum Gasteiger partial charge on any atom is -0.369 e. The zero-order valence-electron chi connectivity index (χ0n) is 19.4. The third-order valence-electron chi connectivity index (χ3n) is 7.16. The summed E-state index contributed by atoms with van der Waals surface area (Å²) in [5.74, 6) is -0.553. The summed E-state index contributed by atoms with van der Waals surface area (Å²) in [6.45, 7) is 5.54. The van der Waals surface area contributed by atoms with Gasteiger partial charge in [-0.3, -0.25) is 14.4 Å². The lowest BCUT2D eigenvalue weighted by molar-refractivity contribution is 0.0988. The number of halogens is 1. The Morgan fingerprint density at radius 2 is 1.79 bits per heavy atom. The number of hydrogen-bond donors (Lipinski definition) is 1. The third-order valence-corrected chi connectivity index (χ3v) is 7.16. The molecule has 1 unspecified atom stereocenters. The molecular weight excluding hydrogens is 433 g/mol. The molecule has 1 saturated heterocycles. The van der Waals surface area contributed by atoms with Crippen molar-refractivity contribution in [3.63, 3.8) is 0 Å². The van der Waals surface area contributed by atoms with Crippen LogP contribution in [0.2, 0.25) is 0 Å². The van der Waals surface area contributed by atoms with E-state index in [1.165, 1.54) is 0 Å². The second-order valence-electron chi connectivity index (χ2n) is 9.15. The van der Waals surface area contributed by atoms with E-state index in [4.69, 9.17) is 0 Å². The van der Waals surface area contributed by atoms with E-state index in [2.05, 4.69) is 31.9 Å². The van der Waals surface area contributed by atoms with Crippen LogP contribution in [0, 0.1) is 12.7 Å². The Morgan fingerprint density at radius 3 is 2.56 bits per heavy atom. The number of nitrogens with zero attached hydrogens (tertiary/aromatic N) is 6. The van der Waals surface area contributed by atoms with Crippen molar-refractivity contribution in [2.24, 2.45) is 7.05 Å². The second kappa shape index (κ2) is 7.66. The lowest BCUT2D eigenvalue weighted by Gasteiger charge is -2.34. The number of aryl methyl sites for hydroxylation is 1. The van der Waals surface area contributed by atoms with Crippen LogP contribution in [-0.4, -0.2) is 63.8 Å². The highest BCUT2D eigenvalue weighted by Crippen LogP contribution is 2.44. The van der Waals surface area contributed by atoms with Gasteiger partial charge in [0, 0.05) is 61.4 Å². The molecule has 2 aromatic heterocycles. The number of nitrogens with one attached hydrogen (secondary N) is 1. The van der Waals surface area contributed by atoms with Crippen molar-refractivity contribution in [3.05, 3.63) is 71.1 Å². The predicted molar refractivity (Wildman–Crippen MR) is 129 cm³/mol. The van der Waals surface area contributed by atoms with Gasteiger partial charge in [0.1, 0.15) is 5.82 Å². The number of aromatic nitrogens is 4. The summed E-state index contributed by atoms with van der Waals surface area (Å²) in [4.78, 5) is 27.1. The zero-order chi connectivity index (χ0) is 23.6. The minimum absolute atomic E-state index is 0.231. The van der Waals surface area contributed by atoms with Crippen molar-refractivity contribution in [1.82, 2.24) is 24.6 Å². The molecule has 1 N–H and O–H groups in total. The van der Waals surface area contributed by atoms with E-state index in [1.54, 1.807) is 22.0 Å². The van der Waals surface area contributed by atoms with Crippen molar-refractivity contribution < 1.29 is 9.18 Å². The molecule has 0 aliphatic carbocycles. The smallest absolute Gasteiger partial charge is 0.280 e. The van der Waals surface area contributed by atoms with E-state index >= 15 is 4.39 Å². The van der Waals surface area contributed by atoms with Gasteiger partial charge in [-0.1, -0.05) is 6.07 Å². The Balaban J connectivity index is 1.46. The fourth-order valence-corrected chi connectivity index (χ4v) is 5.10. The number of anilines is 2. The maximum Gasteiger partial charge on any atom is 0.280 e. The standard InChI is InChI=1S/C25H26FN7O/c1-15-22-23(29-31(15)3)25(34)33(17-5-7-20-21(13-17)28-14-27-20)24(22)18-6-4-16(12-19(18)26)32-10-8-30(2)9-11-32/h4-7,12-14,24H,8-11H2,1-3H3,(H,27,28). The molecule has 34 heavy (non-hydrogen) atoms. The van der Waals surface area contributed by atoms with Crippen molar-refractivity contribution in [1.29, 1.82) is 0 Å². The summed E-state index contributed by atoms with van der Waals surface area (Å²) in [7, 11) is 3.91. The van der Waals surface area contributed by atoms with Gasteiger partial charge in [-0.15, -0.1) is 0 Å².